The number of methoxy groups -OCH3 is 2. The SMILES string of the molecule is COC(=O)c1cc([S-])cc(C(=O)OC)c1.[Cu+]. The maximum atomic E-state index is 11.2. The predicted molar refractivity (Wildman–Crippen MR) is 54.8 cm³/mol. The van der Waals surface area contributed by atoms with Gasteiger partial charge in [-0.25, -0.2) is 9.59 Å². The maximum Gasteiger partial charge on any atom is 1.00 e. The molecular weight excluding hydrogens is 280 g/mol. The van der Waals surface area contributed by atoms with Crippen LogP contribution in [-0.4, -0.2) is 26.2 Å². The van der Waals surface area contributed by atoms with Crippen LogP contribution >= 0.6 is 0 Å². The molecule has 0 aliphatic heterocycles. The standard InChI is InChI=1S/C10H10O4S.Cu/c1-13-9(11)6-3-7(10(12)14-2)5-8(15)4-6;/h3-5,15H,1-2H3;/q;+1/p-1. The molecule has 0 bridgehead atoms. The zero-order valence-electron chi connectivity index (χ0n) is 8.57. The van der Waals surface area contributed by atoms with Gasteiger partial charge in [-0.3, -0.25) is 0 Å². The Morgan fingerprint density at radius 3 is 1.69 bits per heavy atom. The van der Waals surface area contributed by atoms with Gasteiger partial charge in [-0.05, 0) is 6.07 Å². The molecule has 1 aromatic carbocycles. The molecule has 0 heterocycles. The van der Waals surface area contributed by atoms with E-state index in [0.29, 0.717) is 4.90 Å². The van der Waals surface area contributed by atoms with Gasteiger partial charge in [0, 0.05) is 0 Å². The zero-order valence-corrected chi connectivity index (χ0v) is 10.3. The van der Waals surface area contributed by atoms with Gasteiger partial charge in [0.15, 0.2) is 0 Å². The fraction of sp³-hybridized carbons (Fsp3) is 0.200. The third-order valence-electron chi connectivity index (χ3n) is 1.75. The molecule has 16 heavy (non-hydrogen) atoms. The second-order valence-electron chi connectivity index (χ2n) is 2.73. The van der Waals surface area contributed by atoms with Crippen molar-refractivity contribution >= 4 is 24.6 Å². The van der Waals surface area contributed by atoms with Crippen LogP contribution in [0.1, 0.15) is 20.7 Å². The first-order valence-electron chi connectivity index (χ1n) is 4.07. The summed E-state index contributed by atoms with van der Waals surface area (Å²) < 4.78 is 9.04. The Hall–Kier alpha value is -1.10. The van der Waals surface area contributed by atoms with E-state index in [1.165, 1.54) is 32.4 Å². The van der Waals surface area contributed by atoms with E-state index in [-0.39, 0.29) is 28.2 Å². The molecule has 0 saturated carbocycles. The molecular formula is C10H9CuO4S. The Balaban J connectivity index is 0.00000225. The van der Waals surface area contributed by atoms with E-state index in [1.807, 2.05) is 0 Å². The van der Waals surface area contributed by atoms with Crippen LogP contribution < -0.4 is 0 Å². The van der Waals surface area contributed by atoms with E-state index in [4.69, 9.17) is 12.6 Å². The Labute approximate surface area is 109 Å². The van der Waals surface area contributed by atoms with Crippen molar-refractivity contribution in [2.24, 2.45) is 0 Å². The summed E-state index contributed by atoms with van der Waals surface area (Å²) >= 11 is 4.91. The van der Waals surface area contributed by atoms with Gasteiger partial charge < -0.3 is 22.1 Å². The third-order valence-corrected chi connectivity index (χ3v) is 1.98. The van der Waals surface area contributed by atoms with Crippen molar-refractivity contribution in [1.82, 2.24) is 0 Å². The van der Waals surface area contributed by atoms with Gasteiger partial charge in [-0.15, -0.1) is 0 Å². The van der Waals surface area contributed by atoms with Crippen LogP contribution in [0.3, 0.4) is 0 Å². The Kier molecular flexibility index (Phi) is 6.03. The van der Waals surface area contributed by atoms with E-state index < -0.39 is 11.9 Å². The predicted octanol–water partition coefficient (Wildman–Crippen LogP) is 1.16. The van der Waals surface area contributed by atoms with Crippen LogP contribution in [0.5, 0.6) is 0 Å². The molecule has 0 fully saturated rings. The Morgan fingerprint density at radius 2 is 1.38 bits per heavy atom. The summed E-state index contributed by atoms with van der Waals surface area (Å²) in [7, 11) is 2.52. The fourth-order valence-corrected chi connectivity index (χ4v) is 1.32. The van der Waals surface area contributed by atoms with Crippen LogP contribution in [-0.2, 0) is 39.2 Å². The minimum Gasteiger partial charge on any atom is -0.780 e. The number of carbonyl (C=O) groups is 2. The van der Waals surface area contributed by atoms with E-state index in [0.717, 1.165) is 0 Å². The Bertz CT molecular complexity index is 372. The van der Waals surface area contributed by atoms with Gasteiger partial charge in [-0.2, -0.15) is 4.90 Å². The summed E-state index contributed by atoms with van der Waals surface area (Å²) in [6, 6.07) is 4.31. The molecule has 90 valence electrons. The number of rotatable bonds is 2. The third kappa shape index (κ3) is 3.48. The molecule has 0 amide bonds. The molecule has 0 spiro atoms. The number of benzene rings is 1. The van der Waals surface area contributed by atoms with Crippen molar-refractivity contribution in [3.8, 4) is 0 Å². The van der Waals surface area contributed by atoms with Crippen molar-refractivity contribution in [2.45, 2.75) is 4.90 Å². The number of ether oxygens (including phenoxy) is 2. The second-order valence-corrected chi connectivity index (χ2v) is 3.20. The molecule has 0 aliphatic carbocycles. The second kappa shape index (κ2) is 6.48. The monoisotopic (exact) mass is 288 g/mol. The van der Waals surface area contributed by atoms with Gasteiger partial charge in [0.2, 0.25) is 0 Å². The van der Waals surface area contributed by atoms with Gasteiger partial charge in [0.25, 0.3) is 0 Å². The van der Waals surface area contributed by atoms with Gasteiger partial charge in [-0.1, -0.05) is 12.1 Å². The van der Waals surface area contributed by atoms with Gasteiger partial charge in [0.1, 0.15) is 0 Å². The average Bonchev–Trinajstić information content (AvgIpc) is 2.26. The average molecular weight is 289 g/mol. The van der Waals surface area contributed by atoms with Crippen molar-refractivity contribution < 1.29 is 36.1 Å². The van der Waals surface area contributed by atoms with Crippen LogP contribution in [0.15, 0.2) is 23.1 Å². The summed E-state index contributed by atoms with van der Waals surface area (Å²) in [6.45, 7) is 0. The van der Waals surface area contributed by atoms with Crippen LogP contribution in [0, 0.1) is 0 Å². The zero-order chi connectivity index (χ0) is 11.4. The normalized spacial score (nSPS) is 8.88. The molecule has 0 atom stereocenters. The molecule has 0 aliphatic rings. The topological polar surface area (TPSA) is 52.6 Å². The number of hydrogen-bond donors (Lipinski definition) is 0. The van der Waals surface area contributed by atoms with Crippen LogP contribution in [0.2, 0.25) is 0 Å². The van der Waals surface area contributed by atoms with Crippen LogP contribution in [0.4, 0.5) is 0 Å². The minimum atomic E-state index is -0.535. The first-order valence-corrected chi connectivity index (χ1v) is 4.48. The molecule has 1 rings (SSSR count). The largest absolute Gasteiger partial charge is 1.00 e. The first kappa shape index (κ1) is 14.9. The maximum absolute atomic E-state index is 11.2. The first-order chi connectivity index (χ1) is 7.08. The molecule has 4 nitrogen and oxygen atoms in total. The molecule has 0 unspecified atom stereocenters. The molecule has 6 heteroatoms. The number of carbonyl (C=O) groups excluding carboxylic acids is 2. The fourth-order valence-electron chi connectivity index (χ4n) is 1.07. The molecule has 0 N–H and O–H groups in total. The number of hydrogen-bond acceptors (Lipinski definition) is 5. The summed E-state index contributed by atoms with van der Waals surface area (Å²) in [5.74, 6) is -1.07. The van der Waals surface area contributed by atoms with Gasteiger partial charge in [0.05, 0.1) is 25.3 Å². The summed E-state index contributed by atoms with van der Waals surface area (Å²) in [5.41, 5.74) is 0.482. The van der Waals surface area contributed by atoms with Crippen molar-refractivity contribution in [2.75, 3.05) is 14.2 Å². The quantitative estimate of drug-likeness (QED) is 0.464. The van der Waals surface area contributed by atoms with E-state index in [2.05, 4.69) is 9.47 Å². The summed E-state index contributed by atoms with van der Waals surface area (Å²) in [4.78, 5) is 22.8. The van der Waals surface area contributed by atoms with Crippen molar-refractivity contribution in [3.05, 3.63) is 29.3 Å². The summed E-state index contributed by atoms with van der Waals surface area (Å²) in [5, 5.41) is 0. The summed E-state index contributed by atoms with van der Waals surface area (Å²) in [6.07, 6.45) is 0. The van der Waals surface area contributed by atoms with E-state index in [9.17, 15) is 9.59 Å². The van der Waals surface area contributed by atoms with E-state index in [1.54, 1.807) is 0 Å². The van der Waals surface area contributed by atoms with Gasteiger partial charge >= 0.3 is 29.0 Å². The minimum absolute atomic E-state index is 0. The smallest absolute Gasteiger partial charge is 0.780 e. The molecule has 0 saturated heterocycles. The number of esters is 2. The molecule has 1 aromatic rings. The van der Waals surface area contributed by atoms with Crippen LogP contribution in [0.25, 0.3) is 0 Å². The van der Waals surface area contributed by atoms with Crippen molar-refractivity contribution in [3.63, 3.8) is 0 Å². The molecule has 0 aromatic heterocycles. The molecule has 0 radical (unpaired) electrons. The van der Waals surface area contributed by atoms with Crippen molar-refractivity contribution in [1.29, 1.82) is 0 Å². The Morgan fingerprint density at radius 1 is 1.00 bits per heavy atom. The van der Waals surface area contributed by atoms with E-state index >= 15 is 0 Å².